The molecule has 6 heteroatoms. The largest absolute Gasteiger partial charge is 0.447 e. The highest BCUT2D eigenvalue weighted by molar-refractivity contribution is 7.15. The summed E-state index contributed by atoms with van der Waals surface area (Å²) in [6, 6.07) is 8.08. The van der Waals surface area contributed by atoms with Gasteiger partial charge in [0.15, 0.2) is 5.06 Å². The number of hydrogen-bond acceptors (Lipinski definition) is 5. The van der Waals surface area contributed by atoms with Crippen LogP contribution in [0.5, 0.6) is 10.8 Å². The van der Waals surface area contributed by atoms with Gasteiger partial charge in [0, 0.05) is 30.0 Å². The van der Waals surface area contributed by atoms with Gasteiger partial charge in [-0.25, -0.2) is 0 Å². The summed E-state index contributed by atoms with van der Waals surface area (Å²) in [7, 11) is 0. The van der Waals surface area contributed by atoms with Crippen LogP contribution < -0.4 is 10.1 Å². The van der Waals surface area contributed by atoms with Crippen LogP contribution in [0.25, 0.3) is 0 Å². The highest BCUT2D eigenvalue weighted by atomic mass is 32.1. The Balaban J connectivity index is 1.42. The van der Waals surface area contributed by atoms with E-state index in [9.17, 15) is 4.79 Å². The number of nitrogens with zero attached hydrogens (tertiary/aromatic N) is 2. The zero-order valence-corrected chi connectivity index (χ0v) is 15.4. The molecule has 0 aliphatic carbocycles. The highest BCUT2D eigenvalue weighted by Crippen LogP contribution is 2.33. The SMILES string of the molecule is Cc1cc(Oc2ccc(C(=O)NC3C4CCN(CC4)C3C)s2)ccn1. The Morgan fingerprint density at radius 2 is 2.12 bits per heavy atom. The molecule has 132 valence electrons. The van der Waals surface area contributed by atoms with Crippen LogP contribution in [-0.4, -0.2) is 41.0 Å². The average molecular weight is 357 g/mol. The highest BCUT2D eigenvalue weighted by Gasteiger charge is 2.40. The van der Waals surface area contributed by atoms with E-state index in [0.29, 0.717) is 16.8 Å². The molecule has 0 radical (unpaired) electrons. The molecule has 5 rings (SSSR count). The van der Waals surface area contributed by atoms with Gasteiger partial charge in [0.05, 0.1) is 4.88 Å². The zero-order chi connectivity index (χ0) is 17.4. The number of pyridine rings is 1. The van der Waals surface area contributed by atoms with Gasteiger partial charge < -0.3 is 10.1 Å². The minimum Gasteiger partial charge on any atom is -0.447 e. The number of nitrogens with one attached hydrogen (secondary N) is 1. The van der Waals surface area contributed by atoms with Crippen molar-refractivity contribution in [2.45, 2.75) is 38.8 Å². The molecule has 0 saturated carbocycles. The van der Waals surface area contributed by atoms with Gasteiger partial charge in [-0.2, -0.15) is 0 Å². The van der Waals surface area contributed by atoms with Crippen molar-refractivity contribution in [1.29, 1.82) is 0 Å². The van der Waals surface area contributed by atoms with Crippen LogP contribution in [-0.2, 0) is 0 Å². The van der Waals surface area contributed by atoms with Crippen LogP contribution in [0.2, 0.25) is 0 Å². The summed E-state index contributed by atoms with van der Waals surface area (Å²) in [4.78, 5) is 20.0. The van der Waals surface area contributed by atoms with Crippen molar-refractivity contribution in [2.24, 2.45) is 5.92 Å². The van der Waals surface area contributed by atoms with Crippen molar-refractivity contribution in [3.8, 4) is 10.8 Å². The van der Waals surface area contributed by atoms with E-state index in [1.54, 1.807) is 6.20 Å². The summed E-state index contributed by atoms with van der Waals surface area (Å²) in [6.45, 7) is 6.49. The average Bonchev–Trinajstić information content (AvgIpc) is 3.07. The number of aromatic nitrogens is 1. The van der Waals surface area contributed by atoms with E-state index >= 15 is 0 Å². The van der Waals surface area contributed by atoms with Crippen molar-refractivity contribution in [2.75, 3.05) is 13.1 Å². The molecule has 1 N–H and O–H groups in total. The second kappa shape index (κ2) is 6.77. The van der Waals surface area contributed by atoms with Crippen molar-refractivity contribution >= 4 is 17.2 Å². The quantitative estimate of drug-likeness (QED) is 0.910. The van der Waals surface area contributed by atoms with Crippen LogP contribution in [0, 0.1) is 12.8 Å². The van der Waals surface area contributed by atoms with Gasteiger partial charge in [-0.15, -0.1) is 0 Å². The second-order valence-electron chi connectivity index (χ2n) is 6.97. The second-order valence-corrected chi connectivity index (χ2v) is 8.01. The van der Waals surface area contributed by atoms with E-state index < -0.39 is 0 Å². The molecule has 3 aliphatic rings. The predicted octanol–water partition coefficient (Wildman–Crippen LogP) is 3.46. The Kier molecular flexibility index (Phi) is 4.48. The van der Waals surface area contributed by atoms with Gasteiger partial charge in [-0.3, -0.25) is 14.7 Å². The molecule has 2 aromatic heterocycles. The topological polar surface area (TPSA) is 54.5 Å². The molecule has 25 heavy (non-hydrogen) atoms. The summed E-state index contributed by atoms with van der Waals surface area (Å²) in [5.41, 5.74) is 0.906. The lowest BCUT2D eigenvalue weighted by atomic mass is 9.79. The van der Waals surface area contributed by atoms with Crippen LogP contribution >= 0.6 is 11.3 Å². The molecule has 3 aliphatic heterocycles. The Morgan fingerprint density at radius 1 is 1.32 bits per heavy atom. The molecule has 0 spiro atoms. The first-order valence-corrected chi connectivity index (χ1v) is 9.67. The molecule has 5 heterocycles. The Bertz CT molecular complexity index is 766. The van der Waals surface area contributed by atoms with Crippen LogP contribution in [0.3, 0.4) is 0 Å². The van der Waals surface area contributed by atoms with Crippen LogP contribution in [0.4, 0.5) is 0 Å². The predicted molar refractivity (Wildman–Crippen MR) is 98.4 cm³/mol. The fourth-order valence-corrected chi connectivity index (χ4v) is 4.74. The van der Waals surface area contributed by atoms with E-state index in [1.165, 1.54) is 37.3 Å². The summed E-state index contributed by atoms with van der Waals surface area (Å²) in [5.74, 6) is 1.36. The van der Waals surface area contributed by atoms with Crippen LogP contribution in [0.1, 0.15) is 35.1 Å². The third-order valence-electron chi connectivity index (χ3n) is 5.37. The first-order valence-electron chi connectivity index (χ1n) is 8.85. The Morgan fingerprint density at radius 3 is 2.84 bits per heavy atom. The number of thiophene rings is 1. The number of fused-ring (bicyclic) bond motifs is 3. The minimum absolute atomic E-state index is 0.0105. The third-order valence-corrected chi connectivity index (χ3v) is 6.33. The lowest BCUT2D eigenvalue weighted by Crippen LogP contribution is -2.62. The summed E-state index contributed by atoms with van der Waals surface area (Å²) < 4.78 is 5.84. The molecule has 2 unspecified atom stereocenters. The van der Waals surface area contributed by atoms with Crippen molar-refractivity contribution < 1.29 is 9.53 Å². The molecule has 2 atom stereocenters. The summed E-state index contributed by atoms with van der Waals surface area (Å²) in [6.07, 6.45) is 4.10. The molecule has 3 fully saturated rings. The number of piperidine rings is 3. The molecular formula is C19H23N3O2S. The van der Waals surface area contributed by atoms with Crippen LogP contribution in [0.15, 0.2) is 30.5 Å². The molecule has 3 saturated heterocycles. The van der Waals surface area contributed by atoms with Crippen molar-refractivity contribution in [1.82, 2.24) is 15.2 Å². The first kappa shape index (κ1) is 16.5. The fourth-order valence-electron chi connectivity index (χ4n) is 3.96. The van der Waals surface area contributed by atoms with E-state index in [1.807, 2.05) is 31.2 Å². The normalized spacial score (nSPS) is 27.9. The third kappa shape index (κ3) is 3.41. The maximum atomic E-state index is 12.7. The van der Waals surface area contributed by atoms with E-state index in [2.05, 4.69) is 22.1 Å². The number of carbonyl (C=O) groups is 1. The van der Waals surface area contributed by atoms with Crippen molar-refractivity contribution in [3.05, 3.63) is 41.0 Å². The maximum Gasteiger partial charge on any atom is 0.261 e. The van der Waals surface area contributed by atoms with E-state index in [-0.39, 0.29) is 11.9 Å². The van der Waals surface area contributed by atoms with Gasteiger partial charge in [-0.05, 0) is 63.9 Å². The lowest BCUT2D eigenvalue weighted by molar-refractivity contribution is 0.0218. The molecular weight excluding hydrogens is 334 g/mol. The molecule has 0 aromatic carbocycles. The molecule has 2 aromatic rings. The summed E-state index contributed by atoms with van der Waals surface area (Å²) in [5, 5.41) is 3.99. The summed E-state index contributed by atoms with van der Waals surface area (Å²) >= 11 is 1.38. The number of rotatable bonds is 4. The molecule has 5 nitrogen and oxygen atoms in total. The number of carbonyl (C=O) groups excluding carboxylic acids is 1. The molecule has 2 bridgehead atoms. The number of ether oxygens (including phenoxy) is 1. The monoisotopic (exact) mass is 357 g/mol. The fraction of sp³-hybridized carbons (Fsp3) is 0.474. The van der Waals surface area contributed by atoms with Crippen molar-refractivity contribution in [3.63, 3.8) is 0 Å². The standard InChI is InChI=1S/C19H23N3O2S/c1-12-11-15(5-8-20-12)24-17-4-3-16(25-17)19(23)21-18-13(2)22-9-6-14(18)7-10-22/h3-5,8,11,13-14,18H,6-7,9-10H2,1-2H3,(H,21,23). The van der Waals surface area contributed by atoms with Gasteiger partial charge >= 0.3 is 0 Å². The molecule has 1 amide bonds. The number of aryl methyl sites for hydroxylation is 1. The Hall–Kier alpha value is -1.92. The van der Waals surface area contributed by atoms with Gasteiger partial charge in [-0.1, -0.05) is 11.3 Å². The maximum absolute atomic E-state index is 12.7. The number of hydrogen-bond donors (Lipinski definition) is 1. The van der Waals surface area contributed by atoms with Gasteiger partial charge in [0.1, 0.15) is 5.75 Å². The zero-order valence-electron chi connectivity index (χ0n) is 14.6. The smallest absolute Gasteiger partial charge is 0.261 e. The van der Waals surface area contributed by atoms with Gasteiger partial charge in [0.2, 0.25) is 0 Å². The minimum atomic E-state index is 0.0105. The van der Waals surface area contributed by atoms with E-state index in [0.717, 1.165) is 16.5 Å². The Labute approximate surface area is 152 Å². The lowest BCUT2D eigenvalue weighted by Gasteiger charge is -2.49. The number of amides is 1. The van der Waals surface area contributed by atoms with E-state index in [4.69, 9.17) is 4.74 Å². The van der Waals surface area contributed by atoms with Gasteiger partial charge in [0.25, 0.3) is 5.91 Å². The first-order chi connectivity index (χ1) is 12.1.